The van der Waals surface area contributed by atoms with Crippen LogP contribution in [-0.4, -0.2) is 46.9 Å². The van der Waals surface area contributed by atoms with Gasteiger partial charge in [-0.2, -0.15) is 0 Å². The Kier molecular flexibility index (Phi) is 7.45. The average molecular weight is 479 g/mol. The van der Waals surface area contributed by atoms with Gasteiger partial charge < -0.3 is 20.3 Å². The number of fused-ring (bicyclic) bond motifs is 1. The number of hydrogen-bond donors (Lipinski definition) is 2. The molecule has 0 radical (unpaired) electrons. The van der Waals surface area contributed by atoms with Gasteiger partial charge in [0.2, 0.25) is 0 Å². The lowest BCUT2D eigenvalue weighted by molar-refractivity contribution is 0.0646. The van der Waals surface area contributed by atoms with E-state index in [2.05, 4.69) is 15.6 Å². The molecular formula is C26H27ClN4O3. The summed E-state index contributed by atoms with van der Waals surface area (Å²) in [5.41, 5.74) is 2.41. The fraction of sp³-hybridized carbons (Fsp3) is 0.269. The van der Waals surface area contributed by atoms with Crippen LogP contribution < -0.4 is 15.4 Å². The number of carbonyl (C=O) groups is 2. The number of rotatable bonds is 7. The van der Waals surface area contributed by atoms with E-state index in [-0.39, 0.29) is 24.0 Å². The molecule has 3 aromatic rings. The minimum atomic E-state index is -0.346. The number of halogens is 1. The van der Waals surface area contributed by atoms with Crippen LogP contribution >= 0.6 is 11.6 Å². The molecule has 8 heteroatoms. The number of nitrogens with zero attached hydrogens (tertiary/aromatic N) is 2. The smallest absolute Gasteiger partial charge is 0.259 e. The molecule has 1 aliphatic rings. The van der Waals surface area contributed by atoms with Crippen LogP contribution in [0.2, 0.25) is 5.02 Å². The van der Waals surface area contributed by atoms with Crippen molar-refractivity contribution in [2.24, 2.45) is 0 Å². The molecule has 1 unspecified atom stereocenters. The van der Waals surface area contributed by atoms with Gasteiger partial charge in [0.1, 0.15) is 11.9 Å². The van der Waals surface area contributed by atoms with Crippen LogP contribution in [0.5, 0.6) is 5.75 Å². The van der Waals surface area contributed by atoms with Gasteiger partial charge in [-0.1, -0.05) is 29.8 Å². The van der Waals surface area contributed by atoms with E-state index in [0.717, 1.165) is 5.56 Å². The van der Waals surface area contributed by atoms with Crippen molar-refractivity contribution in [2.75, 3.05) is 18.4 Å². The van der Waals surface area contributed by atoms with E-state index >= 15 is 0 Å². The van der Waals surface area contributed by atoms with Gasteiger partial charge in [0.25, 0.3) is 11.8 Å². The summed E-state index contributed by atoms with van der Waals surface area (Å²) in [6.07, 6.45) is 2.86. The number of anilines is 1. The lowest BCUT2D eigenvalue weighted by Crippen LogP contribution is -2.44. The van der Waals surface area contributed by atoms with Gasteiger partial charge in [-0.3, -0.25) is 14.6 Å². The number of pyridine rings is 1. The molecule has 1 atom stereocenters. The number of carbonyl (C=O) groups excluding carboxylic acids is 2. The maximum atomic E-state index is 13.4. The summed E-state index contributed by atoms with van der Waals surface area (Å²) in [5, 5.41) is 6.94. The lowest BCUT2D eigenvalue weighted by Gasteiger charge is -2.27. The number of aromatic nitrogens is 1. The highest BCUT2D eigenvalue weighted by molar-refractivity contribution is 6.30. The van der Waals surface area contributed by atoms with E-state index in [9.17, 15) is 9.59 Å². The van der Waals surface area contributed by atoms with Crippen molar-refractivity contribution in [3.63, 3.8) is 0 Å². The molecule has 2 heterocycles. The summed E-state index contributed by atoms with van der Waals surface area (Å²) in [4.78, 5) is 32.2. The first-order valence-corrected chi connectivity index (χ1v) is 11.6. The normalized spacial score (nSPS) is 15.5. The molecule has 0 fully saturated rings. The van der Waals surface area contributed by atoms with E-state index in [1.165, 1.54) is 0 Å². The molecule has 0 bridgehead atoms. The van der Waals surface area contributed by atoms with Crippen LogP contribution in [-0.2, 0) is 6.54 Å². The first-order valence-electron chi connectivity index (χ1n) is 11.2. The summed E-state index contributed by atoms with van der Waals surface area (Å²) >= 11 is 5.97. The SMILES string of the molecule is CC(C)N1CC(CNCc2ccc(Cl)cc2)Oc2c(C(=O)Nc3ccncc3)cccc2C1=O. The third-order valence-electron chi connectivity index (χ3n) is 5.61. The molecular weight excluding hydrogens is 452 g/mol. The highest BCUT2D eigenvalue weighted by Crippen LogP contribution is 2.31. The monoisotopic (exact) mass is 478 g/mol. The van der Waals surface area contributed by atoms with Crippen molar-refractivity contribution in [1.82, 2.24) is 15.2 Å². The molecule has 1 aromatic heterocycles. The fourth-order valence-corrected chi connectivity index (χ4v) is 3.96. The average Bonchev–Trinajstić information content (AvgIpc) is 2.97. The largest absolute Gasteiger partial charge is 0.486 e. The zero-order valence-corrected chi connectivity index (χ0v) is 19.9. The summed E-state index contributed by atoms with van der Waals surface area (Å²) < 4.78 is 6.34. The molecule has 1 aliphatic heterocycles. The van der Waals surface area contributed by atoms with Gasteiger partial charge in [-0.05, 0) is 55.8 Å². The zero-order valence-electron chi connectivity index (χ0n) is 19.1. The van der Waals surface area contributed by atoms with E-state index in [1.807, 2.05) is 38.1 Å². The highest BCUT2D eigenvalue weighted by atomic mass is 35.5. The topological polar surface area (TPSA) is 83.6 Å². The second-order valence-corrected chi connectivity index (χ2v) is 8.86. The van der Waals surface area contributed by atoms with Crippen molar-refractivity contribution in [3.8, 4) is 5.75 Å². The Bertz CT molecular complexity index is 1150. The maximum absolute atomic E-state index is 13.4. The molecule has 2 aromatic carbocycles. The van der Waals surface area contributed by atoms with E-state index in [0.29, 0.717) is 47.2 Å². The Morgan fingerprint density at radius 3 is 2.59 bits per heavy atom. The molecule has 4 rings (SSSR count). The minimum Gasteiger partial charge on any atom is -0.486 e. The van der Waals surface area contributed by atoms with Crippen molar-refractivity contribution in [1.29, 1.82) is 0 Å². The summed E-state index contributed by atoms with van der Waals surface area (Å²) in [6.45, 7) is 5.48. The van der Waals surface area contributed by atoms with Gasteiger partial charge in [0.15, 0.2) is 0 Å². The lowest BCUT2D eigenvalue weighted by atomic mass is 10.1. The van der Waals surface area contributed by atoms with Crippen LogP contribution in [0.4, 0.5) is 5.69 Å². The van der Waals surface area contributed by atoms with Gasteiger partial charge in [-0.15, -0.1) is 0 Å². The number of benzene rings is 2. The van der Waals surface area contributed by atoms with Gasteiger partial charge in [-0.25, -0.2) is 0 Å². The number of hydrogen-bond acceptors (Lipinski definition) is 5. The highest BCUT2D eigenvalue weighted by Gasteiger charge is 2.33. The molecule has 176 valence electrons. The van der Waals surface area contributed by atoms with Gasteiger partial charge in [0.05, 0.1) is 17.7 Å². The quantitative estimate of drug-likeness (QED) is 0.526. The Labute approximate surface area is 204 Å². The number of ether oxygens (including phenoxy) is 1. The number of amides is 2. The maximum Gasteiger partial charge on any atom is 0.259 e. The Hall–Kier alpha value is -3.42. The molecule has 2 N–H and O–H groups in total. The van der Waals surface area contributed by atoms with Crippen LogP contribution in [0, 0.1) is 0 Å². The van der Waals surface area contributed by atoms with E-state index < -0.39 is 0 Å². The molecule has 0 saturated heterocycles. The first kappa shape index (κ1) is 23.7. The molecule has 0 aliphatic carbocycles. The Balaban J connectivity index is 1.57. The van der Waals surface area contributed by atoms with E-state index in [1.54, 1.807) is 47.6 Å². The Morgan fingerprint density at radius 1 is 1.15 bits per heavy atom. The molecule has 34 heavy (non-hydrogen) atoms. The molecule has 2 amide bonds. The first-order chi connectivity index (χ1) is 16.4. The minimum absolute atomic E-state index is 0.0184. The van der Waals surface area contributed by atoms with Gasteiger partial charge >= 0.3 is 0 Å². The standard InChI is InChI=1S/C26H27ClN4O3/c1-17(2)31-16-21(15-29-14-18-6-8-19(27)9-7-18)34-24-22(4-3-5-23(24)26(31)33)25(32)30-20-10-12-28-13-11-20/h3-13,17,21,29H,14-16H2,1-2H3,(H,28,30,32). The number of para-hydroxylation sites is 1. The molecule has 0 saturated carbocycles. The number of nitrogens with one attached hydrogen (secondary N) is 2. The summed E-state index contributed by atoms with van der Waals surface area (Å²) in [6, 6.07) is 16.1. The predicted octanol–water partition coefficient (Wildman–Crippen LogP) is 4.39. The predicted molar refractivity (Wildman–Crippen MR) is 132 cm³/mol. The van der Waals surface area contributed by atoms with Crippen LogP contribution in [0.3, 0.4) is 0 Å². The molecule has 7 nitrogen and oxygen atoms in total. The summed E-state index contributed by atoms with van der Waals surface area (Å²) in [7, 11) is 0. The van der Waals surface area contributed by atoms with Crippen molar-refractivity contribution in [2.45, 2.75) is 32.5 Å². The zero-order chi connectivity index (χ0) is 24.1. The van der Waals surface area contributed by atoms with Crippen LogP contribution in [0.15, 0.2) is 67.0 Å². The second kappa shape index (κ2) is 10.7. The van der Waals surface area contributed by atoms with Crippen molar-refractivity contribution >= 4 is 29.1 Å². The van der Waals surface area contributed by atoms with E-state index in [4.69, 9.17) is 16.3 Å². The fourth-order valence-electron chi connectivity index (χ4n) is 3.84. The molecule has 0 spiro atoms. The third-order valence-corrected chi connectivity index (χ3v) is 5.86. The van der Waals surface area contributed by atoms with Crippen molar-refractivity contribution < 1.29 is 14.3 Å². The van der Waals surface area contributed by atoms with Crippen LogP contribution in [0.25, 0.3) is 0 Å². The second-order valence-electron chi connectivity index (χ2n) is 8.42. The Morgan fingerprint density at radius 2 is 1.88 bits per heavy atom. The third kappa shape index (κ3) is 5.55. The van der Waals surface area contributed by atoms with Gasteiger partial charge in [0, 0.05) is 42.2 Å². The summed E-state index contributed by atoms with van der Waals surface area (Å²) in [5.74, 6) is -0.189. The van der Waals surface area contributed by atoms with Crippen molar-refractivity contribution in [3.05, 3.63) is 88.7 Å². The van der Waals surface area contributed by atoms with Crippen LogP contribution in [0.1, 0.15) is 40.1 Å².